The van der Waals surface area contributed by atoms with Crippen molar-refractivity contribution in [3.05, 3.63) is 23.7 Å². The Morgan fingerprint density at radius 3 is 2.94 bits per heavy atom. The summed E-state index contributed by atoms with van der Waals surface area (Å²) < 4.78 is 5.40. The van der Waals surface area contributed by atoms with E-state index in [1.165, 1.54) is 25.7 Å². The molecule has 2 heteroatoms. The van der Waals surface area contributed by atoms with Gasteiger partial charge in [-0.05, 0) is 49.5 Å². The van der Waals surface area contributed by atoms with Crippen LogP contribution in [0.3, 0.4) is 0 Å². The molecule has 0 aromatic carbocycles. The largest absolute Gasteiger partial charge is 0.469 e. The standard InChI is InChI=1S/C15H22O2/c1-2-15-13(5-6-17-15)14(16)9-12-8-10-3-4-11(12)7-10/h5-6,10-12,14,16H,2-4,7-9H2,1H3. The molecule has 0 amide bonds. The van der Waals surface area contributed by atoms with E-state index in [0.29, 0.717) is 0 Å². The van der Waals surface area contributed by atoms with Crippen molar-refractivity contribution in [3.63, 3.8) is 0 Å². The Morgan fingerprint density at radius 1 is 1.41 bits per heavy atom. The van der Waals surface area contributed by atoms with E-state index in [9.17, 15) is 5.11 Å². The van der Waals surface area contributed by atoms with Crippen molar-refractivity contribution in [3.8, 4) is 0 Å². The van der Waals surface area contributed by atoms with Gasteiger partial charge in [0.25, 0.3) is 0 Å². The highest BCUT2D eigenvalue weighted by molar-refractivity contribution is 5.20. The summed E-state index contributed by atoms with van der Waals surface area (Å²) in [4.78, 5) is 0. The lowest BCUT2D eigenvalue weighted by Crippen LogP contribution is -2.14. The minimum Gasteiger partial charge on any atom is -0.469 e. The molecule has 2 fully saturated rings. The Balaban J connectivity index is 1.65. The monoisotopic (exact) mass is 234 g/mol. The summed E-state index contributed by atoms with van der Waals surface area (Å²) in [6.07, 6.45) is 8.80. The average molecular weight is 234 g/mol. The minimum absolute atomic E-state index is 0.312. The van der Waals surface area contributed by atoms with Crippen molar-refractivity contribution in [2.75, 3.05) is 0 Å². The zero-order valence-electron chi connectivity index (χ0n) is 10.6. The maximum atomic E-state index is 10.3. The first-order chi connectivity index (χ1) is 8.28. The Kier molecular flexibility index (Phi) is 2.99. The number of aliphatic hydroxyl groups excluding tert-OH is 1. The van der Waals surface area contributed by atoms with Gasteiger partial charge in [0, 0.05) is 12.0 Å². The van der Waals surface area contributed by atoms with Crippen LogP contribution < -0.4 is 0 Å². The summed E-state index contributed by atoms with van der Waals surface area (Å²) >= 11 is 0. The molecular weight excluding hydrogens is 212 g/mol. The number of furan rings is 1. The highest BCUT2D eigenvalue weighted by Gasteiger charge is 2.40. The summed E-state index contributed by atoms with van der Waals surface area (Å²) in [5.74, 6) is 3.57. The van der Waals surface area contributed by atoms with Crippen LogP contribution in [-0.2, 0) is 6.42 Å². The summed E-state index contributed by atoms with van der Waals surface area (Å²) in [6, 6.07) is 1.94. The van der Waals surface area contributed by atoms with Gasteiger partial charge in [-0.2, -0.15) is 0 Å². The number of fused-ring (bicyclic) bond motifs is 2. The molecule has 2 nitrogen and oxygen atoms in total. The molecule has 1 aromatic rings. The van der Waals surface area contributed by atoms with Crippen molar-refractivity contribution >= 4 is 0 Å². The lowest BCUT2D eigenvalue weighted by molar-refractivity contribution is 0.124. The molecule has 2 saturated carbocycles. The summed E-state index contributed by atoms with van der Waals surface area (Å²) in [6.45, 7) is 2.08. The number of hydrogen-bond donors (Lipinski definition) is 1. The molecule has 2 aliphatic rings. The topological polar surface area (TPSA) is 33.4 Å². The summed E-state index contributed by atoms with van der Waals surface area (Å²) in [7, 11) is 0. The first kappa shape index (κ1) is 11.3. The number of aryl methyl sites for hydroxylation is 1. The van der Waals surface area contributed by atoms with Crippen LogP contribution in [-0.4, -0.2) is 5.11 Å². The van der Waals surface area contributed by atoms with Gasteiger partial charge < -0.3 is 9.52 Å². The van der Waals surface area contributed by atoms with Crippen LogP contribution >= 0.6 is 0 Å². The number of aliphatic hydroxyl groups is 1. The van der Waals surface area contributed by atoms with Gasteiger partial charge in [0.05, 0.1) is 12.4 Å². The second-order valence-corrected chi connectivity index (χ2v) is 5.84. The van der Waals surface area contributed by atoms with E-state index in [4.69, 9.17) is 4.42 Å². The summed E-state index contributed by atoms with van der Waals surface area (Å²) in [5, 5.41) is 10.3. The third kappa shape index (κ3) is 2.03. The van der Waals surface area contributed by atoms with Crippen molar-refractivity contribution in [2.24, 2.45) is 17.8 Å². The number of rotatable bonds is 4. The first-order valence-electron chi connectivity index (χ1n) is 7.02. The molecule has 3 rings (SSSR count). The molecule has 17 heavy (non-hydrogen) atoms. The Bertz CT molecular complexity index is 382. The zero-order chi connectivity index (χ0) is 11.8. The van der Waals surface area contributed by atoms with Gasteiger partial charge in [-0.1, -0.05) is 13.3 Å². The minimum atomic E-state index is -0.312. The summed E-state index contributed by atoms with van der Waals surface area (Å²) in [5.41, 5.74) is 1.02. The third-order valence-corrected chi connectivity index (χ3v) is 4.87. The van der Waals surface area contributed by atoms with E-state index in [1.807, 2.05) is 6.07 Å². The van der Waals surface area contributed by atoms with Crippen LogP contribution in [0.25, 0.3) is 0 Å². The molecule has 0 saturated heterocycles. The fourth-order valence-corrected chi connectivity index (χ4v) is 4.01. The van der Waals surface area contributed by atoms with Crippen LogP contribution in [0.4, 0.5) is 0 Å². The molecule has 94 valence electrons. The number of hydrogen-bond acceptors (Lipinski definition) is 2. The molecule has 1 heterocycles. The molecule has 1 aromatic heterocycles. The van der Waals surface area contributed by atoms with Gasteiger partial charge in [0.15, 0.2) is 0 Å². The first-order valence-corrected chi connectivity index (χ1v) is 7.02. The van der Waals surface area contributed by atoms with E-state index < -0.39 is 0 Å². The van der Waals surface area contributed by atoms with E-state index in [1.54, 1.807) is 6.26 Å². The van der Waals surface area contributed by atoms with E-state index >= 15 is 0 Å². The quantitative estimate of drug-likeness (QED) is 0.861. The van der Waals surface area contributed by atoms with Gasteiger partial charge >= 0.3 is 0 Å². The van der Waals surface area contributed by atoms with Crippen LogP contribution in [0.2, 0.25) is 0 Å². The second kappa shape index (κ2) is 4.49. The van der Waals surface area contributed by atoms with Gasteiger partial charge in [-0.15, -0.1) is 0 Å². The van der Waals surface area contributed by atoms with Crippen LogP contribution in [0, 0.1) is 17.8 Å². The van der Waals surface area contributed by atoms with Crippen molar-refractivity contribution in [2.45, 2.75) is 51.6 Å². The van der Waals surface area contributed by atoms with E-state index in [-0.39, 0.29) is 6.10 Å². The molecule has 2 aliphatic carbocycles. The highest BCUT2D eigenvalue weighted by Crippen LogP contribution is 2.51. The average Bonchev–Trinajstić information content (AvgIpc) is 3.04. The molecule has 0 radical (unpaired) electrons. The molecule has 1 N–H and O–H groups in total. The van der Waals surface area contributed by atoms with Crippen molar-refractivity contribution in [1.82, 2.24) is 0 Å². The van der Waals surface area contributed by atoms with Gasteiger partial charge in [-0.25, -0.2) is 0 Å². The fraction of sp³-hybridized carbons (Fsp3) is 0.733. The van der Waals surface area contributed by atoms with Gasteiger partial charge in [0.1, 0.15) is 5.76 Å². The maximum Gasteiger partial charge on any atom is 0.109 e. The SMILES string of the molecule is CCc1occc1C(O)CC1CC2CCC1C2. The van der Waals surface area contributed by atoms with Gasteiger partial charge in [0.2, 0.25) is 0 Å². The Labute approximate surface area is 103 Å². The van der Waals surface area contributed by atoms with Gasteiger partial charge in [-0.3, -0.25) is 0 Å². The predicted octanol–water partition coefficient (Wildman–Crippen LogP) is 3.70. The van der Waals surface area contributed by atoms with Crippen LogP contribution in [0.15, 0.2) is 16.7 Å². The molecule has 4 unspecified atom stereocenters. The molecule has 4 atom stereocenters. The Morgan fingerprint density at radius 2 is 2.29 bits per heavy atom. The van der Waals surface area contributed by atoms with E-state index in [0.717, 1.165) is 41.9 Å². The normalized spacial score (nSPS) is 33.2. The van der Waals surface area contributed by atoms with E-state index in [2.05, 4.69) is 6.92 Å². The third-order valence-electron chi connectivity index (χ3n) is 4.87. The maximum absolute atomic E-state index is 10.3. The molecule has 2 bridgehead atoms. The van der Waals surface area contributed by atoms with Crippen LogP contribution in [0.5, 0.6) is 0 Å². The van der Waals surface area contributed by atoms with Crippen molar-refractivity contribution < 1.29 is 9.52 Å². The van der Waals surface area contributed by atoms with Crippen LogP contribution in [0.1, 0.15) is 56.5 Å². The highest BCUT2D eigenvalue weighted by atomic mass is 16.3. The zero-order valence-corrected chi connectivity index (χ0v) is 10.6. The lowest BCUT2D eigenvalue weighted by Gasteiger charge is -2.24. The smallest absolute Gasteiger partial charge is 0.109 e. The Hall–Kier alpha value is -0.760. The predicted molar refractivity (Wildman–Crippen MR) is 66.6 cm³/mol. The lowest BCUT2D eigenvalue weighted by atomic mass is 9.83. The van der Waals surface area contributed by atoms with Crippen molar-refractivity contribution in [1.29, 1.82) is 0 Å². The second-order valence-electron chi connectivity index (χ2n) is 5.84. The molecule has 0 aliphatic heterocycles. The fourth-order valence-electron chi connectivity index (χ4n) is 4.01. The molecular formula is C15H22O2. The molecule has 0 spiro atoms.